The third kappa shape index (κ3) is 4.06. The van der Waals surface area contributed by atoms with Crippen LogP contribution < -0.4 is 10.2 Å². The molecule has 0 heterocycles. The smallest absolute Gasteiger partial charge is 0.248 e. The lowest BCUT2D eigenvalue weighted by molar-refractivity contribution is -0.136. The van der Waals surface area contributed by atoms with E-state index in [0.717, 1.165) is 30.2 Å². The molecule has 2 N–H and O–H groups in total. The van der Waals surface area contributed by atoms with Crippen molar-refractivity contribution in [3.63, 3.8) is 0 Å². The zero-order valence-corrected chi connectivity index (χ0v) is 19.7. The molecule has 1 amide bonds. The first-order valence-electron chi connectivity index (χ1n) is 11.5. The lowest BCUT2D eigenvalue weighted by atomic mass is 9.84. The van der Waals surface area contributed by atoms with Gasteiger partial charge in [-0.3, -0.25) is 10.0 Å². The summed E-state index contributed by atoms with van der Waals surface area (Å²) in [4.78, 5) is 12.4. The maximum atomic E-state index is 13.4. The summed E-state index contributed by atoms with van der Waals surface area (Å²) in [5, 5.41) is 11.5. The van der Waals surface area contributed by atoms with Crippen molar-refractivity contribution in [2.24, 2.45) is 17.8 Å². The summed E-state index contributed by atoms with van der Waals surface area (Å²) in [6, 6.07) is 20.2. The molecule has 4 atom stereocenters. The Hall–Kier alpha value is -2.94. The largest absolute Gasteiger partial charge is 0.489 e. The van der Waals surface area contributed by atoms with E-state index in [4.69, 9.17) is 4.74 Å². The van der Waals surface area contributed by atoms with Gasteiger partial charge in [0, 0.05) is 13.1 Å². The normalized spacial score (nSPS) is 24.0. The summed E-state index contributed by atoms with van der Waals surface area (Å²) >= 11 is 0. The molecule has 5 rings (SSSR count). The third-order valence-corrected chi connectivity index (χ3v) is 9.30. The van der Waals surface area contributed by atoms with E-state index in [1.165, 1.54) is 28.9 Å². The van der Waals surface area contributed by atoms with Gasteiger partial charge in [-0.15, -0.1) is 0 Å². The molecule has 0 unspecified atom stereocenters. The molecule has 178 valence electrons. The highest BCUT2D eigenvalue weighted by Gasteiger charge is 2.54. The maximum absolute atomic E-state index is 13.4. The van der Waals surface area contributed by atoms with Crippen LogP contribution in [0, 0.1) is 17.8 Å². The summed E-state index contributed by atoms with van der Waals surface area (Å²) < 4.78 is 33.9. The number of carbonyl (C=O) groups excluding carboxylic acids is 1. The van der Waals surface area contributed by atoms with Crippen LogP contribution in [0.4, 0.5) is 0 Å². The first kappa shape index (κ1) is 22.8. The predicted octanol–water partition coefficient (Wildman–Crippen LogP) is 3.96. The molecule has 2 aliphatic carbocycles. The molecule has 2 fully saturated rings. The monoisotopic (exact) mass is 480 g/mol. The maximum Gasteiger partial charge on any atom is 0.248 e. The van der Waals surface area contributed by atoms with E-state index >= 15 is 0 Å². The number of nitrogens with one attached hydrogen (secondary N) is 1. The highest BCUT2D eigenvalue weighted by atomic mass is 32.2. The van der Waals surface area contributed by atoms with Gasteiger partial charge in [-0.2, -0.15) is 4.31 Å². The number of amides is 1. The van der Waals surface area contributed by atoms with Gasteiger partial charge >= 0.3 is 0 Å². The molecule has 0 aromatic heterocycles. The van der Waals surface area contributed by atoms with Gasteiger partial charge in [-0.1, -0.05) is 36.4 Å². The summed E-state index contributed by atoms with van der Waals surface area (Å²) in [5.41, 5.74) is 2.76. The SMILES string of the molecule is CN([C@@H]1[C@H]2CC[C@H](C2)[C@@H]1C(=O)NO)S(=O)(=O)c1ccc(OCc2ccc3ccccc3c2)cc1. The minimum atomic E-state index is -3.81. The molecule has 2 aliphatic rings. The zero-order chi connectivity index (χ0) is 23.9. The summed E-state index contributed by atoms with van der Waals surface area (Å²) in [6.07, 6.45) is 2.59. The Labute approximate surface area is 199 Å². The number of ether oxygens (including phenoxy) is 1. The summed E-state index contributed by atoms with van der Waals surface area (Å²) in [6.45, 7) is 0.375. The molecule has 3 aromatic carbocycles. The second kappa shape index (κ2) is 9.02. The number of hydroxylamine groups is 1. The minimum Gasteiger partial charge on any atom is -0.489 e. The summed E-state index contributed by atoms with van der Waals surface area (Å²) in [5.74, 6) is -0.237. The predicted molar refractivity (Wildman–Crippen MR) is 128 cm³/mol. The van der Waals surface area contributed by atoms with Crippen LogP contribution in [0.3, 0.4) is 0 Å². The van der Waals surface area contributed by atoms with E-state index in [0.29, 0.717) is 12.4 Å². The molecule has 3 aromatic rings. The Bertz CT molecular complexity index is 1310. The third-order valence-electron chi connectivity index (χ3n) is 7.43. The first-order chi connectivity index (χ1) is 16.4. The number of fused-ring (bicyclic) bond motifs is 3. The van der Waals surface area contributed by atoms with Crippen molar-refractivity contribution in [3.8, 4) is 5.75 Å². The topological polar surface area (TPSA) is 95.9 Å². The van der Waals surface area contributed by atoms with E-state index < -0.39 is 27.9 Å². The number of benzene rings is 3. The number of hydrogen-bond acceptors (Lipinski definition) is 5. The number of carbonyl (C=O) groups is 1. The fraction of sp³-hybridized carbons (Fsp3) is 0.346. The van der Waals surface area contributed by atoms with Crippen LogP contribution in [-0.2, 0) is 21.4 Å². The zero-order valence-electron chi connectivity index (χ0n) is 18.9. The van der Waals surface area contributed by atoms with Crippen molar-refractivity contribution in [1.82, 2.24) is 9.79 Å². The Morgan fingerprint density at radius 2 is 1.74 bits per heavy atom. The van der Waals surface area contributed by atoms with E-state index in [1.54, 1.807) is 17.6 Å². The highest BCUT2D eigenvalue weighted by molar-refractivity contribution is 7.89. The second-order valence-corrected chi connectivity index (χ2v) is 11.3. The molecular weight excluding hydrogens is 452 g/mol. The van der Waals surface area contributed by atoms with Crippen molar-refractivity contribution in [3.05, 3.63) is 72.3 Å². The molecule has 34 heavy (non-hydrogen) atoms. The highest BCUT2D eigenvalue weighted by Crippen LogP contribution is 2.51. The van der Waals surface area contributed by atoms with Gasteiger partial charge in [-0.25, -0.2) is 13.9 Å². The van der Waals surface area contributed by atoms with Crippen LogP contribution in [-0.4, -0.2) is 36.9 Å². The lowest BCUT2D eigenvalue weighted by Crippen LogP contribution is -2.50. The second-order valence-electron chi connectivity index (χ2n) is 9.29. The van der Waals surface area contributed by atoms with Gasteiger partial charge in [0.25, 0.3) is 0 Å². The van der Waals surface area contributed by atoms with Gasteiger partial charge in [0.05, 0.1) is 10.8 Å². The van der Waals surface area contributed by atoms with Crippen molar-refractivity contribution >= 4 is 26.7 Å². The molecule has 2 bridgehead atoms. The number of rotatable bonds is 7. The molecule has 0 saturated heterocycles. The molecule has 7 nitrogen and oxygen atoms in total. The molecule has 0 radical (unpaired) electrons. The Balaban J connectivity index is 1.29. The lowest BCUT2D eigenvalue weighted by Gasteiger charge is -2.35. The van der Waals surface area contributed by atoms with E-state index in [1.807, 2.05) is 18.2 Å². The van der Waals surface area contributed by atoms with E-state index in [-0.39, 0.29) is 16.7 Å². The average Bonchev–Trinajstić information content (AvgIpc) is 3.48. The van der Waals surface area contributed by atoms with Crippen LogP contribution in [0.15, 0.2) is 71.6 Å². The van der Waals surface area contributed by atoms with Crippen LogP contribution in [0.25, 0.3) is 10.8 Å². The Morgan fingerprint density at radius 1 is 1.03 bits per heavy atom. The fourth-order valence-electron chi connectivity index (χ4n) is 5.76. The standard InChI is InChI=1S/C26H28N2O5S/c1-28(25-21-9-8-20(15-21)24(25)26(29)27-30)34(31,32)23-12-10-22(11-13-23)33-16-17-6-7-18-4-2-3-5-19(18)14-17/h2-7,10-14,20-21,24-25,30H,8-9,15-16H2,1H3,(H,27,29)/t20-,21+,24+,25-/m1/s1. The number of nitrogens with zero attached hydrogens (tertiary/aromatic N) is 1. The fourth-order valence-corrected chi connectivity index (χ4v) is 7.19. The molecular formula is C26H28N2O5S. The first-order valence-corrected chi connectivity index (χ1v) is 12.9. The van der Waals surface area contributed by atoms with Gasteiger partial charge in [0.1, 0.15) is 12.4 Å². The van der Waals surface area contributed by atoms with Crippen LogP contribution >= 0.6 is 0 Å². The van der Waals surface area contributed by atoms with Crippen molar-refractivity contribution < 1.29 is 23.2 Å². The molecule has 8 heteroatoms. The van der Waals surface area contributed by atoms with E-state index in [2.05, 4.69) is 24.3 Å². The Kier molecular flexibility index (Phi) is 6.06. The van der Waals surface area contributed by atoms with Gasteiger partial charge in [0.2, 0.25) is 15.9 Å². The summed E-state index contributed by atoms with van der Waals surface area (Å²) in [7, 11) is -2.28. The Morgan fingerprint density at radius 3 is 2.47 bits per heavy atom. The van der Waals surface area contributed by atoms with Crippen molar-refractivity contribution in [1.29, 1.82) is 0 Å². The average molecular weight is 481 g/mol. The molecule has 2 saturated carbocycles. The van der Waals surface area contributed by atoms with Gasteiger partial charge in [-0.05, 0) is 77.8 Å². The van der Waals surface area contributed by atoms with Crippen LogP contribution in [0.2, 0.25) is 0 Å². The van der Waals surface area contributed by atoms with Crippen molar-refractivity contribution in [2.75, 3.05) is 7.05 Å². The molecule has 0 aliphatic heterocycles. The van der Waals surface area contributed by atoms with Crippen LogP contribution in [0.5, 0.6) is 5.75 Å². The van der Waals surface area contributed by atoms with Gasteiger partial charge < -0.3 is 4.74 Å². The number of sulfonamides is 1. The van der Waals surface area contributed by atoms with E-state index in [9.17, 15) is 18.4 Å². The van der Waals surface area contributed by atoms with Crippen LogP contribution in [0.1, 0.15) is 24.8 Å². The molecule has 0 spiro atoms. The quantitative estimate of drug-likeness (QED) is 0.394. The van der Waals surface area contributed by atoms with Crippen molar-refractivity contribution in [2.45, 2.75) is 36.8 Å². The minimum absolute atomic E-state index is 0.102. The van der Waals surface area contributed by atoms with Gasteiger partial charge in [0.15, 0.2) is 0 Å². The number of hydrogen-bond donors (Lipinski definition) is 2.